The molecular formula is C26H33N5O3. The molecule has 8 heteroatoms. The molecule has 2 amide bonds. The Hall–Kier alpha value is -3.83. The summed E-state index contributed by atoms with van der Waals surface area (Å²) in [7, 11) is 5.38. The number of anilines is 1. The average Bonchev–Trinajstić information content (AvgIpc) is 2.81. The van der Waals surface area contributed by atoms with Crippen molar-refractivity contribution in [2.24, 2.45) is 10.7 Å². The van der Waals surface area contributed by atoms with Crippen LogP contribution in [0.25, 0.3) is 0 Å². The van der Waals surface area contributed by atoms with Crippen LogP contribution in [0.2, 0.25) is 0 Å². The van der Waals surface area contributed by atoms with E-state index in [0.29, 0.717) is 24.3 Å². The van der Waals surface area contributed by atoms with E-state index >= 15 is 0 Å². The first kappa shape index (κ1) is 26.4. The summed E-state index contributed by atoms with van der Waals surface area (Å²) < 4.78 is 4.99. The van der Waals surface area contributed by atoms with Crippen molar-refractivity contribution in [1.82, 2.24) is 10.0 Å². The Morgan fingerprint density at radius 2 is 1.82 bits per heavy atom. The summed E-state index contributed by atoms with van der Waals surface area (Å²) in [6.07, 6.45) is 1.05. The molecule has 2 aromatic carbocycles. The van der Waals surface area contributed by atoms with Crippen LogP contribution in [0.1, 0.15) is 46.8 Å². The lowest BCUT2D eigenvalue weighted by Crippen LogP contribution is -2.38. The lowest BCUT2D eigenvalue weighted by atomic mass is 10.0. The van der Waals surface area contributed by atoms with E-state index < -0.39 is 6.09 Å². The number of nitrogens with one attached hydrogen (secondary N) is 1. The highest BCUT2D eigenvalue weighted by Gasteiger charge is 2.15. The van der Waals surface area contributed by atoms with Crippen molar-refractivity contribution in [1.29, 1.82) is 0 Å². The standard InChI is InChI=1S/C26H33N5O3/c1-6-7-17-34-26(33)29-24(27)21-11-13-22(14-12-21)28-16-8-9-20-10-15-23(19(2)18-20)25(32)31(5)30(3)4/h10-15,18,28H,6-7,16-17H2,1-5H3,(H2,27,29,33). The normalized spacial score (nSPS) is 10.9. The number of aliphatic imine (C=N–C) groups is 1. The quantitative estimate of drug-likeness (QED) is 0.204. The van der Waals surface area contributed by atoms with Gasteiger partial charge in [0.25, 0.3) is 5.91 Å². The van der Waals surface area contributed by atoms with Gasteiger partial charge in [-0.1, -0.05) is 25.2 Å². The predicted molar refractivity (Wildman–Crippen MR) is 136 cm³/mol. The predicted octanol–water partition coefficient (Wildman–Crippen LogP) is 3.65. The molecule has 2 aromatic rings. The Kier molecular flexibility index (Phi) is 10.1. The number of carbonyl (C=O) groups excluding carboxylic acids is 2. The molecule has 3 N–H and O–H groups in total. The van der Waals surface area contributed by atoms with Crippen LogP contribution in [0.5, 0.6) is 0 Å². The number of hydrogen-bond acceptors (Lipinski definition) is 5. The zero-order chi connectivity index (χ0) is 25.1. The molecule has 0 saturated carbocycles. The van der Waals surface area contributed by atoms with Gasteiger partial charge < -0.3 is 15.8 Å². The van der Waals surface area contributed by atoms with Gasteiger partial charge in [0.15, 0.2) is 0 Å². The Bertz CT molecular complexity index is 1080. The minimum atomic E-state index is -0.680. The molecule has 0 aliphatic heterocycles. The Morgan fingerprint density at radius 3 is 2.44 bits per heavy atom. The van der Waals surface area contributed by atoms with E-state index in [4.69, 9.17) is 10.5 Å². The third-order valence-electron chi connectivity index (χ3n) is 5.08. The van der Waals surface area contributed by atoms with Gasteiger partial charge in [-0.3, -0.25) is 9.80 Å². The number of nitrogens with two attached hydrogens (primary N) is 1. The van der Waals surface area contributed by atoms with E-state index in [0.717, 1.165) is 29.7 Å². The van der Waals surface area contributed by atoms with Gasteiger partial charge in [-0.05, 0) is 61.4 Å². The summed E-state index contributed by atoms with van der Waals surface area (Å²) >= 11 is 0. The van der Waals surface area contributed by atoms with Crippen molar-refractivity contribution in [3.05, 3.63) is 64.7 Å². The van der Waals surface area contributed by atoms with Gasteiger partial charge in [-0.15, -0.1) is 0 Å². The molecule has 0 aliphatic rings. The number of benzene rings is 2. The molecule has 0 unspecified atom stereocenters. The second kappa shape index (κ2) is 13.0. The summed E-state index contributed by atoms with van der Waals surface area (Å²) in [5.41, 5.74) is 9.75. The fourth-order valence-corrected chi connectivity index (χ4v) is 2.89. The van der Waals surface area contributed by atoms with E-state index in [1.54, 1.807) is 35.3 Å². The highest BCUT2D eigenvalue weighted by molar-refractivity contribution is 6.02. The first-order valence-corrected chi connectivity index (χ1v) is 11.1. The molecule has 0 spiro atoms. The molecule has 0 heterocycles. The number of ether oxygens (including phenoxy) is 1. The number of hydrogen-bond donors (Lipinski definition) is 2. The van der Waals surface area contributed by atoms with Crippen LogP contribution in [0.3, 0.4) is 0 Å². The van der Waals surface area contributed by atoms with Crippen LogP contribution in [0.4, 0.5) is 10.5 Å². The van der Waals surface area contributed by atoms with Gasteiger partial charge in [0, 0.05) is 43.5 Å². The number of hydrazine groups is 1. The Labute approximate surface area is 201 Å². The van der Waals surface area contributed by atoms with Crippen LogP contribution in [-0.2, 0) is 4.74 Å². The van der Waals surface area contributed by atoms with Gasteiger partial charge in [-0.25, -0.2) is 9.80 Å². The molecule has 8 nitrogen and oxygen atoms in total. The molecule has 0 radical (unpaired) electrons. The van der Waals surface area contributed by atoms with Gasteiger partial charge in [0.2, 0.25) is 0 Å². The van der Waals surface area contributed by atoms with Gasteiger partial charge in [0.05, 0.1) is 13.2 Å². The first-order chi connectivity index (χ1) is 16.2. The second-order valence-corrected chi connectivity index (χ2v) is 7.90. The van der Waals surface area contributed by atoms with Crippen molar-refractivity contribution in [3.63, 3.8) is 0 Å². The number of carbonyl (C=O) groups is 2. The molecule has 0 saturated heterocycles. The number of aryl methyl sites for hydroxylation is 1. The van der Waals surface area contributed by atoms with Crippen molar-refractivity contribution in [3.8, 4) is 11.8 Å². The van der Waals surface area contributed by atoms with Crippen LogP contribution in [0.15, 0.2) is 47.5 Å². The fraction of sp³-hybridized carbons (Fsp3) is 0.346. The molecule has 0 aromatic heterocycles. The zero-order valence-corrected chi connectivity index (χ0v) is 20.5. The van der Waals surface area contributed by atoms with Crippen LogP contribution >= 0.6 is 0 Å². The highest BCUT2D eigenvalue weighted by Crippen LogP contribution is 2.13. The van der Waals surface area contributed by atoms with E-state index in [1.807, 2.05) is 52.2 Å². The monoisotopic (exact) mass is 463 g/mol. The van der Waals surface area contributed by atoms with Crippen LogP contribution < -0.4 is 11.1 Å². The van der Waals surface area contributed by atoms with Crippen molar-refractivity contribution in [2.75, 3.05) is 39.6 Å². The van der Waals surface area contributed by atoms with Crippen molar-refractivity contribution in [2.45, 2.75) is 26.7 Å². The van der Waals surface area contributed by atoms with E-state index in [-0.39, 0.29) is 11.7 Å². The molecule has 0 fully saturated rings. The highest BCUT2D eigenvalue weighted by atomic mass is 16.5. The van der Waals surface area contributed by atoms with E-state index in [2.05, 4.69) is 22.2 Å². The van der Waals surface area contributed by atoms with Crippen molar-refractivity contribution < 1.29 is 14.3 Å². The molecule has 180 valence electrons. The Morgan fingerprint density at radius 1 is 1.12 bits per heavy atom. The smallest absolute Gasteiger partial charge is 0.435 e. The summed E-state index contributed by atoms with van der Waals surface area (Å²) in [5.74, 6) is 6.24. The topological polar surface area (TPSA) is 100 Å². The maximum absolute atomic E-state index is 12.5. The number of amides is 2. The van der Waals surface area contributed by atoms with Gasteiger partial charge >= 0.3 is 6.09 Å². The lowest BCUT2D eigenvalue weighted by molar-refractivity contribution is 0.0341. The van der Waals surface area contributed by atoms with E-state index in [1.165, 1.54) is 0 Å². The zero-order valence-electron chi connectivity index (χ0n) is 20.5. The maximum Gasteiger partial charge on any atom is 0.435 e. The number of unbranched alkanes of at least 4 members (excludes halogenated alkanes) is 1. The third kappa shape index (κ3) is 7.94. The SMILES string of the molecule is CCCCOC(=O)N=C(N)c1ccc(NCC#Cc2ccc(C(=O)N(C)N(C)C)c(C)c2)cc1. The van der Waals surface area contributed by atoms with Crippen LogP contribution in [0, 0.1) is 18.8 Å². The Balaban J connectivity index is 1.92. The number of rotatable bonds is 8. The minimum absolute atomic E-state index is 0.0637. The molecule has 0 atom stereocenters. The number of nitrogens with zero attached hydrogens (tertiary/aromatic N) is 3. The van der Waals surface area contributed by atoms with E-state index in [9.17, 15) is 9.59 Å². The molecule has 2 rings (SSSR count). The summed E-state index contributed by atoms with van der Waals surface area (Å²) in [4.78, 5) is 27.9. The fourth-order valence-electron chi connectivity index (χ4n) is 2.89. The number of amidine groups is 1. The third-order valence-corrected chi connectivity index (χ3v) is 5.08. The lowest BCUT2D eigenvalue weighted by Gasteiger charge is -2.24. The molecule has 0 aliphatic carbocycles. The molecular weight excluding hydrogens is 430 g/mol. The minimum Gasteiger partial charge on any atom is -0.448 e. The van der Waals surface area contributed by atoms with Gasteiger partial charge in [-0.2, -0.15) is 4.99 Å². The van der Waals surface area contributed by atoms with Crippen LogP contribution in [-0.4, -0.2) is 62.1 Å². The summed E-state index contributed by atoms with van der Waals surface area (Å²) in [6, 6.07) is 12.8. The summed E-state index contributed by atoms with van der Waals surface area (Å²) in [5, 5.41) is 6.51. The van der Waals surface area contributed by atoms with Crippen molar-refractivity contribution >= 4 is 23.5 Å². The van der Waals surface area contributed by atoms with Gasteiger partial charge in [0.1, 0.15) is 5.84 Å². The maximum atomic E-state index is 12.5. The second-order valence-electron chi connectivity index (χ2n) is 7.90. The summed E-state index contributed by atoms with van der Waals surface area (Å²) in [6.45, 7) is 4.70. The molecule has 0 bridgehead atoms. The largest absolute Gasteiger partial charge is 0.448 e. The average molecular weight is 464 g/mol. The first-order valence-electron chi connectivity index (χ1n) is 11.1. The molecule has 34 heavy (non-hydrogen) atoms.